The summed E-state index contributed by atoms with van der Waals surface area (Å²) in [7, 11) is 5.00. The van der Waals surface area contributed by atoms with Gasteiger partial charge in [0.05, 0.1) is 13.7 Å². The Morgan fingerprint density at radius 3 is 2.59 bits per heavy atom. The fraction of sp³-hybridized carbons (Fsp3) is 0.364. The van der Waals surface area contributed by atoms with Gasteiger partial charge in [0.15, 0.2) is 17.5 Å². The van der Waals surface area contributed by atoms with Crippen LogP contribution in [0.2, 0.25) is 0 Å². The van der Waals surface area contributed by atoms with Crippen LogP contribution in [0.5, 0.6) is 11.5 Å². The standard InChI is InChI=1S/C22H30N4O3/c1-5-29-19-10-9-17(14-20(19)28-4)15-26-22(24-3)25-12-11-16-7-6-8-18(13-16)21(27)23-2/h6-10,13-14H,5,11-12,15H2,1-4H3,(H,23,27)(H2,24,25,26). The molecule has 156 valence electrons. The minimum absolute atomic E-state index is 0.0805. The molecule has 0 radical (unpaired) electrons. The Kier molecular flexibility index (Phi) is 8.82. The Labute approximate surface area is 172 Å². The number of benzene rings is 2. The number of methoxy groups -OCH3 is 1. The van der Waals surface area contributed by atoms with Gasteiger partial charge in [-0.05, 0) is 48.7 Å². The van der Waals surface area contributed by atoms with E-state index in [1.54, 1.807) is 27.3 Å². The zero-order valence-corrected chi connectivity index (χ0v) is 17.5. The molecule has 0 heterocycles. The van der Waals surface area contributed by atoms with Crippen LogP contribution >= 0.6 is 0 Å². The molecule has 0 unspecified atom stereocenters. The Morgan fingerprint density at radius 2 is 1.90 bits per heavy atom. The average Bonchev–Trinajstić information content (AvgIpc) is 2.76. The summed E-state index contributed by atoms with van der Waals surface area (Å²) in [5.74, 6) is 2.08. The molecule has 2 rings (SSSR count). The van der Waals surface area contributed by atoms with E-state index < -0.39 is 0 Å². The second kappa shape index (κ2) is 11.6. The predicted octanol–water partition coefficient (Wildman–Crippen LogP) is 2.36. The third-order valence-corrected chi connectivity index (χ3v) is 4.33. The maximum absolute atomic E-state index is 11.7. The lowest BCUT2D eigenvalue weighted by Crippen LogP contribution is -2.37. The third-order valence-electron chi connectivity index (χ3n) is 4.33. The van der Waals surface area contributed by atoms with E-state index in [2.05, 4.69) is 20.9 Å². The molecule has 0 fully saturated rings. The molecule has 2 aromatic rings. The van der Waals surface area contributed by atoms with Crippen molar-refractivity contribution in [2.45, 2.75) is 19.9 Å². The molecule has 29 heavy (non-hydrogen) atoms. The minimum Gasteiger partial charge on any atom is -0.493 e. The van der Waals surface area contributed by atoms with Gasteiger partial charge in [-0.2, -0.15) is 0 Å². The lowest BCUT2D eigenvalue weighted by atomic mass is 10.1. The summed E-state index contributed by atoms with van der Waals surface area (Å²) in [5, 5.41) is 9.23. The minimum atomic E-state index is -0.0805. The van der Waals surface area contributed by atoms with Gasteiger partial charge in [-0.25, -0.2) is 0 Å². The van der Waals surface area contributed by atoms with Crippen LogP contribution < -0.4 is 25.4 Å². The number of amides is 1. The van der Waals surface area contributed by atoms with Crippen LogP contribution in [-0.4, -0.2) is 46.2 Å². The molecular formula is C22H30N4O3. The molecule has 2 aromatic carbocycles. The van der Waals surface area contributed by atoms with Crippen molar-refractivity contribution in [1.29, 1.82) is 0 Å². The molecule has 0 bridgehead atoms. The quantitative estimate of drug-likeness (QED) is 0.446. The van der Waals surface area contributed by atoms with Crippen LogP contribution in [0.4, 0.5) is 0 Å². The smallest absolute Gasteiger partial charge is 0.251 e. The van der Waals surface area contributed by atoms with E-state index in [4.69, 9.17) is 9.47 Å². The molecule has 0 spiro atoms. The fourth-order valence-electron chi connectivity index (χ4n) is 2.84. The van der Waals surface area contributed by atoms with Crippen molar-refractivity contribution < 1.29 is 14.3 Å². The summed E-state index contributed by atoms with van der Waals surface area (Å²) in [6, 6.07) is 13.5. The fourth-order valence-corrected chi connectivity index (χ4v) is 2.84. The summed E-state index contributed by atoms with van der Waals surface area (Å²) >= 11 is 0. The molecule has 7 heteroatoms. The molecule has 0 atom stereocenters. The molecule has 0 aliphatic rings. The lowest BCUT2D eigenvalue weighted by Gasteiger charge is -2.14. The summed E-state index contributed by atoms with van der Waals surface area (Å²) in [5.41, 5.74) is 2.81. The highest BCUT2D eigenvalue weighted by Crippen LogP contribution is 2.27. The largest absolute Gasteiger partial charge is 0.493 e. The summed E-state index contributed by atoms with van der Waals surface area (Å²) in [4.78, 5) is 16.0. The van der Waals surface area contributed by atoms with Crippen molar-refractivity contribution in [3.8, 4) is 11.5 Å². The number of nitrogens with zero attached hydrogens (tertiary/aromatic N) is 1. The van der Waals surface area contributed by atoms with Crippen LogP contribution in [0, 0.1) is 0 Å². The topological polar surface area (TPSA) is 84.0 Å². The number of carbonyl (C=O) groups is 1. The Balaban J connectivity index is 1.86. The first kappa shape index (κ1) is 22.1. The molecular weight excluding hydrogens is 368 g/mol. The Bertz CT molecular complexity index is 837. The van der Waals surface area contributed by atoms with Crippen LogP contribution in [0.25, 0.3) is 0 Å². The first-order chi connectivity index (χ1) is 14.1. The van der Waals surface area contributed by atoms with E-state index in [1.165, 1.54) is 0 Å². The van der Waals surface area contributed by atoms with Crippen LogP contribution in [0.3, 0.4) is 0 Å². The zero-order valence-electron chi connectivity index (χ0n) is 17.5. The summed E-state index contributed by atoms with van der Waals surface area (Å²) in [6.45, 7) is 3.84. The predicted molar refractivity (Wildman–Crippen MR) is 116 cm³/mol. The van der Waals surface area contributed by atoms with Gasteiger partial charge >= 0.3 is 0 Å². The molecule has 3 N–H and O–H groups in total. The highest BCUT2D eigenvalue weighted by Gasteiger charge is 2.07. The number of rotatable bonds is 9. The monoisotopic (exact) mass is 398 g/mol. The average molecular weight is 399 g/mol. The maximum atomic E-state index is 11.7. The number of nitrogens with one attached hydrogen (secondary N) is 3. The highest BCUT2D eigenvalue weighted by atomic mass is 16.5. The molecule has 0 aromatic heterocycles. The Morgan fingerprint density at radius 1 is 1.07 bits per heavy atom. The van der Waals surface area contributed by atoms with Gasteiger partial charge in [0.1, 0.15) is 0 Å². The lowest BCUT2D eigenvalue weighted by molar-refractivity contribution is 0.0963. The number of aliphatic imine (C=N–C) groups is 1. The zero-order chi connectivity index (χ0) is 21.1. The van der Waals surface area contributed by atoms with Crippen molar-refractivity contribution in [2.24, 2.45) is 4.99 Å². The summed E-state index contributed by atoms with van der Waals surface area (Å²) < 4.78 is 10.9. The van der Waals surface area contributed by atoms with Crippen LogP contribution in [0.15, 0.2) is 47.5 Å². The van der Waals surface area contributed by atoms with Crippen molar-refractivity contribution in [3.63, 3.8) is 0 Å². The summed E-state index contributed by atoms with van der Waals surface area (Å²) in [6.07, 6.45) is 0.780. The normalized spacial score (nSPS) is 11.0. The number of ether oxygens (including phenoxy) is 2. The second-order valence-corrected chi connectivity index (χ2v) is 6.30. The molecule has 7 nitrogen and oxygen atoms in total. The number of guanidine groups is 1. The number of hydrogen-bond acceptors (Lipinski definition) is 4. The van der Waals surface area contributed by atoms with Crippen LogP contribution in [0.1, 0.15) is 28.4 Å². The van der Waals surface area contributed by atoms with Crippen molar-refractivity contribution >= 4 is 11.9 Å². The Hall–Kier alpha value is -3.22. The van der Waals surface area contributed by atoms with E-state index in [0.717, 1.165) is 23.3 Å². The highest BCUT2D eigenvalue weighted by molar-refractivity contribution is 5.94. The van der Waals surface area contributed by atoms with E-state index >= 15 is 0 Å². The van der Waals surface area contributed by atoms with Gasteiger partial charge < -0.3 is 25.4 Å². The van der Waals surface area contributed by atoms with Crippen molar-refractivity contribution in [2.75, 3.05) is 34.4 Å². The van der Waals surface area contributed by atoms with E-state index in [1.807, 2.05) is 43.3 Å². The van der Waals surface area contributed by atoms with Gasteiger partial charge in [-0.1, -0.05) is 18.2 Å². The molecule has 0 aliphatic heterocycles. The van der Waals surface area contributed by atoms with Gasteiger partial charge in [0.2, 0.25) is 0 Å². The van der Waals surface area contributed by atoms with Gasteiger partial charge in [-0.3, -0.25) is 9.79 Å². The third kappa shape index (κ3) is 6.71. The van der Waals surface area contributed by atoms with Gasteiger partial charge in [0, 0.05) is 32.7 Å². The number of carbonyl (C=O) groups excluding carboxylic acids is 1. The first-order valence-electron chi connectivity index (χ1n) is 9.66. The SMILES string of the molecule is CCOc1ccc(CNC(=NC)NCCc2cccc(C(=O)NC)c2)cc1OC. The van der Waals surface area contributed by atoms with E-state index in [9.17, 15) is 4.79 Å². The first-order valence-corrected chi connectivity index (χ1v) is 9.66. The van der Waals surface area contributed by atoms with Crippen molar-refractivity contribution in [3.05, 3.63) is 59.2 Å². The maximum Gasteiger partial charge on any atom is 0.251 e. The van der Waals surface area contributed by atoms with E-state index in [0.29, 0.717) is 37.0 Å². The van der Waals surface area contributed by atoms with Crippen molar-refractivity contribution in [1.82, 2.24) is 16.0 Å². The van der Waals surface area contributed by atoms with Gasteiger partial charge in [0.25, 0.3) is 5.91 Å². The number of hydrogen-bond donors (Lipinski definition) is 3. The van der Waals surface area contributed by atoms with Crippen LogP contribution in [-0.2, 0) is 13.0 Å². The van der Waals surface area contributed by atoms with Gasteiger partial charge in [-0.15, -0.1) is 0 Å². The molecule has 0 saturated heterocycles. The van der Waals surface area contributed by atoms with E-state index in [-0.39, 0.29) is 5.91 Å². The molecule has 0 saturated carbocycles. The molecule has 1 amide bonds. The molecule has 0 aliphatic carbocycles. The second-order valence-electron chi connectivity index (χ2n) is 6.30.